The van der Waals surface area contributed by atoms with Gasteiger partial charge in [0.15, 0.2) is 0 Å². The van der Waals surface area contributed by atoms with Crippen molar-refractivity contribution >= 4 is 27.3 Å². The number of anilines is 1. The van der Waals surface area contributed by atoms with Crippen LogP contribution in [0.1, 0.15) is 50.4 Å². The van der Waals surface area contributed by atoms with Gasteiger partial charge in [0.05, 0.1) is 6.10 Å². The van der Waals surface area contributed by atoms with E-state index in [2.05, 4.69) is 27.2 Å². The summed E-state index contributed by atoms with van der Waals surface area (Å²) in [7, 11) is 0. The minimum absolute atomic E-state index is 0.0149. The van der Waals surface area contributed by atoms with Crippen molar-refractivity contribution in [2.75, 3.05) is 31.1 Å². The first-order chi connectivity index (χ1) is 13.0. The maximum Gasteiger partial charge on any atom is 0.288 e. The van der Waals surface area contributed by atoms with Crippen LogP contribution >= 0.6 is 11.3 Å². The maximum absolute atomic E-state index is 12.7. The molecule has 8 nitrogen and oxygen atoms in total. The van der Waals surface area contributed by atoms with E-state index in [1.54, 1.807) is 0 Å². The van der Waals surface area contributed by atoms with Gasteiger partial charge in [-0.3, -0.25) is 9.59 Å². The average molecular weight is 394 g/mol. The topological polar surface area (TPSA) is 88.8 Å². The van der Waals surface area contributed by atoms with Gasteiger partial charge in [0.1, 0.15) is 5.56 Å². The van der Waals surface area contributed by atoms with Gasteiger partial charge in [-0.25, -0.2) is 4.98 Å². The molecule has 2 aromatic heterocycles. The fraction of sp³-hybridized carbons (Fsp3) is 0.667. The van der Waals surface area contributed by atoms with Crippen LogP contribution in [-0.2, 0) is 4.74 Å². The van der Waals surface area contributed by atoms with Crippen molar-refractivity contribution in [3.8, 4) is 0 Å². The average Bonchev–Trinajstić information content (AvgIpc) is 3.06. The first kappa shape index (κ1) is 19.8. The van der Waals surface area contributed by atoms with Crippen LogP contribution in [0.15, 0.2) is 11.0 Å². The van der Waals surface area contributed by atoms with Crippen LogP contribution in [0.25, 0.3) is 4.96 Å². The van der Waals surface area contributed by atoms with Crippen LogP contribution in [0, 0.1) is 5.92 Å². The number of amides is 1. The molecule has 1 aliphatic rings. The summed E-state index contributed by atoms with van der Waals surface area (Å²) in [5.41, 5.74) is -0.412. The van der Waals surface area contributed by atoms with Gasteiger partial charge in [0.2, 0.25) is 10.1 Å². The van der Waals surface area contributed by atoms with E-state index in [0.29, 0.717) is 30.5 Å². The zero-order chi connectivity index (χ0) is 19.4. The molecule has 3 heterocycles. The van der Waals surface area contributed by atoms with Crippen molar-refractivity contribution in [1.82, 2.24) is 19.9 Å². The molecule has 0 aromatic carbocycles. The van der Waals surface area contributed by atoms with Gasteiger partial charge in [0, 0.05) is 32.4 Å². The summed E-state index contributed by atoms with van der Waals surface area (Å²) in [4.78, 5) is 32.0. The molecule has 1 N–H and O–H groups in total. The second-order valence-electron chi connectivity index (χ2n) is 7.28. The molecular weight excluding hydrogens is 366 g/mol. The highest BCUT2D eigenvalue weighted by molar-refractivity contribution is 7.20. The summed E-state index contributed by atoms with van der Waals surface area (Å²) in [5, 5.41) is 7.96. The molecule has 1 amide bonds. The molecule has 1 atom stereocenters. The number of fused-ring (bicyclic) bond motifs is 1. The van der Waals surface area contributed by atoms with Gasteiger partial charge in [-0.15, -0.1) is 5.10 Å². The van der Waals surface area contributed by atoms with Crippen molar-refractivity contribution in [1.29, 1.82) is 0 Å². The summed E-state index contributed by atoms with van der Waals surface area (Å²) in [6, 6.07) is 0. The van der Waals surface area contributed by atoms with Crippen LogP contribution < -0.4 is 15.8 Å². The Hall–Kier alpha value is -2.00. The Kier molecular flexibility index (Phi) is 6.43. The fourth-order valence-corrected chi connectivity index (χ4v) is 4.01. The summed E-state index contributed by atoms with van der Waals surface area (Å²) >= 11 is 1.39. The zero-order valence-corrected chi connectivity index (χ0v) is 16.9. The molecule has 148 valence electrons. The molecular formula is C18H27N5O3S. The summed E-state index contributed by atoms with van der Waals surface area (Å²) in [6.07, 6.45) is 4.53. The molecule has 0 radical (unpaired) electrons. The van der Waals surface area contributed by atoms with Crippen LogP contribution in [0.3, 0.4) is 0 Å². The number of ether oxygens (including phenoxy) is 1. The number of piperidine rings is 1. The number of hydrogen-bond acceptors (Lipinski definition) is 7. The highest BCUT2D eigenvalue weighted by Gasteiger charge is 2.22. The predicted octanol–water partition coefficient (Wildman–Crippen LogP) is 1.93. The molecule has 1 saturated heterocycles. The van der Waals surface area contributed by atoms with E-state index in [-0.39, 0.29) is 11.7 Å². The Morgan fingerprint density at radius 2 is 2.30 bits per heavy atom. The van der Waals surface area contributed by atoms with Crippen molar-refractivity contribution < 1.29 is 9.53 Å². The monoisotopic (exact) mass is 393 g/mol. The summed E-state index contributed by atoms with van der Waals surface area (Å²) < 4.78 is 6.68. The number of nitrogens with zero attached hydrogens (tertiary/aromatic N) is 4. The normalized spacial score (nSPS) is 17.6. The van der Waals surface area contributed by atoms with Crippen molar-refractivity contribution in [3.05, 3.63) is 22.1 Å². The van der Waals surface area contributed by atoms with E-state index in [1.165, 1.54) is 28.5 Å². The Bertz CT molecular complexity index is 847. The van der Waals surface area contributed by atoms with Gasteiger partial charge < -0.3 is 15.0 Å². The van der Waals surface area contributed by atoms with Crippen LogP contribution in [-0.4, -0.2) is 52.9 Å². The molecule has 0 saturated carbocycles. The number of rotatable bonds is 7. The third kappa shape index (κ3) is 4.84. The highest BCUT2D eigenvalue weighted by atomic mass is 32.1. The molecule has 1 fully saturated rings. The molecule has 2 aromatic rings. The van der Waals surface area contributed by atoms with Crippen molar-refractivity contribution in [2.45, 2.75) is 46.1 Å². The van der Waals surface area contributed by atoms with E-state index >= 15 is 0 Å². The molecule has 9 heteroatoms. The number of aromatic nitrogens is 3. The first-order valence-electron chi connectivity index (χ1n) is 9.49. The molecule has 1 unspecified atom stereocenters. The fourth-order valence-electron chi connectivity index (χ4n) is 3.11. The molecule has 1 aliphatic heterocycles. The molecule has 0 spiro atoms. The lowest BCUT2D eigenvalue weighted by Crippen LogP contribution is -2.35. The van der Waals surface area contributed by atoms with Crippen LogP contribution in [0.5, 0.6) is 0 Å². The van der Waals surface area contributed by atoms with Gasteiger partial charge in [0.25, 0.3) is 11.5 Å². The minimum atomic E-state index is -0.427. The van der Waals surface area contributed by atoms with Gasteiger partial charge >= 0.3 is 0 Å². The highest BCUT2D eigenvalue weighted by Crippen LogP contribution is 2.26. The Labute approximate surface area is 162 Å². The summed E-state index contributed by atoms with van der Waals surface area (Å²) in [6.45, 7) is 9.03. The maximum atomic E-state index is 12.7. The Balaban J connectivity index is 1.69. The van der Waals surface area contributed by atoms with E-state index in [0.717, 1.165) is 24.6 Å². The second-order valence-corrected chi connectivity index (χ2v) is 8.21. The lowest BCUT2D eigenvalue weighted by atomic mass is 10.0. The van der Waals surface area contributed by atoms with Crippen LogP contribution in [0.2, 0.25) is 0 Å². The van der Waals surface area contributed by atoms with Gasteiger partial charge in [-0.2, -0.15) is 4.52 Å². The standard InChI is InChI=1S/C18H27N5O3S/c1-12(2)26-9-5-7-19-15(24)14-10-20-17-23(16(14)25)21-18(27-17)22-8-4-6-13(3)11-22/h10,12-13H,4-9,11H2,1-3H3,(H,19,24). The Morgan fingerprint density at radius 1 is 1.48 bits per heavy atom. The van der Waals surface area contributed by atoms with E-state index in [4.69, 9.17) is 4.74 Å². The lowest BCUT2D eigenvalue weighted by molar-refractivity contribution is 0.0757. The Morgan fingerprint density at radius 3 is 3.04 bits per heavy atom. The lowest BCUT2D eigenvalue weighted by Gasteiger charge is -2.30. The van der Waals surface area contributed by atoms with E-state index in [9.17, 15) is 9.59 Å². The smallest absolute Gasteiger partial charge is 0.288 e. The third-order valence-electron chi connectivity index (χ3n) is 4.51. The second kappa shape index (κ2) is 8.79. The van der Waals surface area contributed by atoms with Crippen molar-refractivity contribution in [2.24, 2.45) is 5.92 Å². The largest absolute Gasteiger partial charge is 0.379 e. The first-order valence-corrected chi connectivity index (χ1v) is 10.3. The minimum Gasteiger partial charge on any atom is -0.379 e. The van der Waals surface area contributed by atoms with E-state index in [1.807, 2.05) is 13.8 Å². The quantitative estimate of drug-likeness (QED) is 0.723. The molecule has 0 aliphatic carbocycles. The number of carbonyl (C=O) groups excluding carboxylic acids is 1. The number of hydrogen-bond donors (Lipinski definition) is 1. The van der Waals surface area contributed by atoms with Gasteiger partial charge in [-0.1, -0.05) is 18.3 Å². The SMILES string of the molecule is CC1CCCN(c2nn3c(=O)c(C(=O)NCCCOC(C)C)cnc3s2)C1. The summed E-state index contributed by atoms with van der Waals surface area (Å²) in [5.74, 6) is 0.184. The molecule has 3 rings (SSSR count). The van der Waals surface area contributed by atoms with Crippen LogP contribution in [0.4, 0.5) is 5.13 Å². The predicted molar refractivity (Wildman–Crippen MR) is 106 cm³/mol. The molecule has 0 bridgehead atoms. The van der Waals surface area contributed by atoms with Crippen molar-refractivity contribution in [3.63, 3.8) is 0 Å². The number of carbonyl (C=O) groups is 1. The van der Waals surface area contributed by atoms with E-state index < -0.39 is 11.5 Å². The number of nitrogens with one attached hydrogen (secondary N) is 1. The molecule has 27 heavy (non-hydrogen) atoms. The third-order valence-corrected chi connectivity index (χ3v) is 5.49. The zero-order valence-electron chi connectivity index (χ0n) is 16.1. The van der Waals surface area contributed by atoms with Gasteiger partial charge in [-0.05, 0) is 39.0 Å².